The number of nitrogens with zero attached hydrogens (tertiary/aromatic N) is 2. The summed E-state index contributed by atoms with van der Waals surface area (Å²) in [7, 11) is 1.74. The number of carbonyl (C=O) groups is 1. The van der Waals surface area contributed by atoms with Crippen molar-refractivity contribution in [2.75, 3.05) is 18.5 Å². The Labute approximate surface area is 107 Å². The van der Waals surface area contributed by atoms with Gasteiger partial charge < -0.3 is 10.6 Å². The van der Waals surface area contributed by atoms with Crippen molar-refractivity contribution in [2.45, 2.75) is 19.3 Å². The maximum Gasteiger partial charge on any atom is 0.234 e. The summed E-state index contributed by atoms with van der Waals surface area (Å²) in [6.45, 7) is 0.397. The molecule has 94 valence electrons. The first kappa shape index (κ1) is 12.6. The van der Waals surface area contributed by atoms with E-state index in [4.69, 9.17) is 11.0 Å². The maximum absolute atomic E-state index is 12.4. The van der Waals surface area contributed by atoms with Crippen molar-refractivity contribution in [1.29, 1.82) is 5.26 Å². The highest BCUT2D eigenvalue weighted by Crippen LogP contribution is 2.42. The molecule has 2 N–H and O–H groups in total. The summed E-state index contributed by atoms with van der Waals surface area (Å²) in [4.78, 5) is 14.1. The van der Waals surface area contributed by atoms with Gasteiger partial charge in [-0.15, -0.1) is 0 Å². The fraction of sp³-hybridized carbons (Fsp3) is 0.429. The van der Waals surface area contributed by atoms with E-state index in [1.807, 2.05) is 6.07 Å². The first-order valence-corrected chi connectivity index (χ1v) is 6.11. The predicted molar refractivity (Wildman–Crippen MR) is 69.9 cm³/mol. The SMILES string of the molecule is CN(C(=O)C1(CN)CCC1)c1cccc(C#N)c1. The van der Waals surface area contributed by atoms with Crippen molar-refractivity contribution < 1.29 is 4.79 Å². The van der Waals surface area contributed by atoms with Gasteiger partial charge in [-0.05, 0) is 31.0 Å². The Morgan fingerprint density at radius 1 is 1.56 bits per heavy atom. The van der Waals surface area contributed by atoms with Crippen molar-refractivity contribution in [3.63, 3.8) is 0 Å². The summed E-state index contributed by atoms with van der Waals surface area (Å²) in [5.41, 5.74) is 6.67. The highest BCUT2D eigenvalue weighted by molar-refractivity contribution is 5.98. The summed E-state index contributed by atoms with van der Waals surface area (Å²) in [5.74, 6) is 0.0614. The second-order valence-electron chi connectivity index (χ2n) is 4.86. The first-order valence-electron chi connectivity index (χ1n) is 6.11. The van der Waals surface area contributed by atoms with E-state index >= 15 is 0 Å². The molecule has 0 spiro atoms. The monoisotopic (exact) mass is 243 g/mol. The highest BCUT2D eigenvalue weighted by Gasteiger charge is 2.44. The number of anilines is 1. The zero-order valence-corrected chi connectivity index (χ0v) is 10.5. The zero-order chi connectivity index (χ0) is 13.2. The van der Waals surface area contributed by atoms with Crippen molar-refractivity contribution in [1.82, 2.24) is 0 Å². The molecule has 1 amide bonds. The number of hydrogen-bond donors (Lipinski definition) is 1. The quantitative estimate of drug-likeness (QED) is 0.877. The molecule has 2 rings (SSSR count). The Morgan fingerprint density at radius 2 is 2.28 bits per heavy atom. The molecule has 0 heterocycles. The molecule has 1 aromatic carbocycles. The molecule has 0 aromatic heterocycles. The number of carbonyl (C=O) groups excluding carboxylic acids is 1. The van der Waals surface area contributed by atoms with E-state index in [-0.39, 0.29) is 11.3 Å². The topological polar surface area (TPSA) is 70.1 Å². The number of amides is 1. The third kappa shape index (κ3) is 1.98. The van der Waals surface area contributed by atoms with Gasteiger partial charge in [-0.2, -0.15) is 5.26 Å². The summed E-state index contributed by atoms with van der Waals surface area (Å²) in [6, 6.07) is 9.15. The molecule has 1 aromatic rings. The molecule has 0 saturated heterocycles. The van der Waals surface area contributed by atoms with Crippen molar-refractivity contribution in [3.8, 4) is 6.07 Å². The van der Waals surface area contributed by atoms with E-state index in [0.29, 0.717) is 12.1 Å². The van der Waals surface area contributed by atoms with Crippen LogP contribution < -0.4 is 10.6 Å². The second kappa shape index (κ2) is 4.79. The zero-order valence-electron chi connectivity index (χ0n) is 10.5. The molecule has 0 aliphatic heterocycles. The van der Waals surface area contributed by atoms with Crippen LogP contribution >= 0.6 is 0 Å². The number of nitriles is 1. The number of nitrogens with two attached hydrogens (primary N) is 1. The van der Waals surface area contributed by atoms with Crippen molar-refractivity contribution >= 4 is 11.6 Å². The second-order valence-corrected chi connectivity index (χ2v) is 4.86. The predicted octanol–water partition coefficient (Wildman–Crippen LogP) is 1.65. The molecule has 1 aliphatic carbocycles. The maximum atomic E-state index is 12.4. The number of rotatable bonds is 3. The minimum atomic E-state index is -0.378. The van der Waals surface area contributed by atoms with E-state index in [2.05, 4.69) is 6.07 Å². The van der Waals surface area contributed by atoms with Gasteiger partial charge in [0.15, 0.2) is 0 Å². The van der Waals surface area contributed by atoms with Crippen LogP contribution in [-0.4, -0.2) is 19.5 Å². The molecular formula is C14H17N3O. The van der Waals surface area contributed by atoms with Gasteiger partial charge in [0.2, 0.25) is 5.91 Å². The lowest BCUT2D eigenvalue weighted by molar-refractivity contribution is -0.131. The summed E-state index contributed by atoms with van der Waals surface area (Å²) >= 11 is 0. The fourth-order valence-electron chi connectivity index (χ4n) is 2.37. The minimum Gasteiger partial charge on any atom is -0.329 e. The molecule has 1 fully saturated rings. The van der Waals surface area contributed by atoms with Crippen LogP contribution in [0.25, 0.3) is 0 Å². The Bertz CT molecular complexity index is 494. The van der Waals surface area contributed by atoms with Gasteiger partial charge >= 0.3 is 0 Å². The average Bonchev–Trinajstić information content (AvgIpc) is 2.37. The van der Waals surface area contributed by atoms with Crippen LogP contribution in [0.15, 0.2) is 24.3 Å². The summed E-state index contributed by atoms with van der Waals surface area (Å²) < 4.78 is 0. The Kier molecular flexibility index (Phi) is 3.35. The molecule has 4 nitrogen and oxygen atoms in total. The average molecular weight is 243 g/mol. The molecule has 1 saturated carbocycles. The first-order chi connectivity index (χ1) is 8.63. The lowest BCUT2D eigenvalue weighted by Gasteiger charge is -2.41. The van der Waals surface area contributed by atoms with Crippen LogP contribution in [0.2, 0.25) is 0 Å². The Hall–Kier alpha value is -1.86. The van der Waals surface area contributed by atoms with Gasteiger partial charge in [0.1, 0.15) is 0 Å². The van der Waals surface area contributed by atoms with Gasteiger partial charge in [0.05, 0.1) is 17.0 Å². The molecule has 0 unspecified atom stereocenters. The third-order valence-corrected chi connectivity index (χ3v) is 3.82. The van der Waals surface area contributed by atoms with E-state index in [1.54, 1.807) is 30.1 Å². The van der Waals surface area contributed by atoms with Crippen LogP contribution in [0.1, 0.15) is 24.8 Å². The van der Waals surface area contributed by atoms with Crippen molar-refractivity contribution in [2.24, 2.45) is 11.1 Å². The fourth-order valence-corrected chi connectivity index (χ4v) is 2.37. The Balaban J connectivity index is 2.23. The standard InChI is InChI=1S/C14H17N3O/c1-17(12-5-2-4-11(8-12)9-15)13(18)14(10-16)6-3-7-14/h2,4-5,8H,3,6-7,10,16H2,1H3. The normalized spacial score (nSPS) is 16.5. The van der Waals surface area contributed by atoms with Crippen LogP contribution in [-0.2, 0) is 4.79 Å². The molecular weight excluding hydrogens is 226 g/mol. The third-order valence-electron chi connectivity index (χ3n) is 3.82. The summed E-state index contributed by atoms with van der Waals surface area (Å²) in [5, 5.41) is 8.87. The molecule has 1 aliphatic rings. The molecule has 0 atom stereocenters. The van der Waals surface area contributed by atoms with E-state index in [9.17, 15) is 4.79 Å². The minimum absolute atomic E-state index is 0.0614. The van der Waals surface area contributed by atoms with E-state index in [1.165, 1.54) is 0 Å². The van der Waals surface area contributed by atoms with E-state index < -0.39 is 0 Å². The lowest BCUT2D eigenvalue weighted by Crippen LogP contribution is -2.51. The lowest BCUT2D eigenvalue weighted by atomic mass is 9.68. The largest absolute Gasteiger partial charge is 0.329 e. The van der Waals surface area contributed by atoms with Gasteiger partial charge in [-0.25, -0.2) is 0 Å². The van der Waals surface area contributed by atoms with Gasteiger partial charge in [0.25, 0.3) is 0 Å². The summed E-state index contributed by atoms with van der Waals surface area (Å²) in [6.07, 6.45) is 2.80. The van der Waals surface area contributed by atoms with Gasteiger partial charge in [-0.3, -0.25) is 4.79 Å². The van der Waals surface area contributed by atoms with Crippen LogP contribution in [0, 0.1) is 16.7 Å². The highest BCUT2D eigenvalue weighted by atomic mass is 16.2. The van der Waals surface area contributed by atoms with Gasteiger partial charge in [0, 0.05) is 19.3 Å². The number of benzene rings is 1. The van der Waals surface area contributed by atoms with Crippen LogP contribution in [0.5, 0.6) is 0 Å². The number of hydrogen-bond acceptors (Lipinski definition) is 3. The smallest absolute Gasteiger partial charge is 0.234 e. The molecule has 18 heavy (non-hydrogen) atoms. The van der Waals surface area contributed by atoms with Crippen LogP contribution in [0.4, 0.5) is 5.69 Å². The van der Waals surface area contributed by atoms with Crippen LogP contribution in [0.3, 0.4) is 0 Å². The molecule has 0 radical (unpaired) electrons. The Morgan fingerprint density at radius 3 is 2.78 bits per heavy atom. The molecule has 0 bridgehead atoms. The van der Waals surface area contributed by atoms with Crippen molar-refractivity contribution in [3.05, 3.63) is 29.8 Å². The van der Waals surface area contributed by atoms with Gasteiger partial charge in [-0.1, -0.05) is 12.5 Å². The molecule has 4 heteroatoms. The van der Waals surface area contributed by atoms with E-state index in [0.717, 1.165) is 24.9 Å².